The van der Waals surface area contributed by atoms with E-state index in [1.54, 1.807) is 25.3 Å². The lowest BCUT2D eigenvalue weighted by molar-refractivity contribution is -0.0690. The number of aromatic nitrogens is 2. The van der Waals surface area contributed by atoms with Crippen molar-refractivity contribution in [3.63, 3.8) is 0 Å². The van der Waals surface area contributed by atoms with Crippen molar-refractivity contribution in [3.8, 4) is 11.5 Å². The van der Waals surface area contributed by atoms with Gasteiger partial charge in [-0.25, -0.2) is 9.78 Å². The first-order chi connectivity index (χ1) is 19.4. The Morgan fingerprint density at radius 2 is 1.90 bits per heavy atom. The molecule has 1 saturated heterocycles. The molecule has 1 N–H and O–H groups in total. The van der Waals surface area contributed by atoms with Crippen LogP contribution < -0.4 is 9.47 Å². The monoisotopic (exact) mass is 541 g/mol. The first-order valence-electron chi connectivity index (χ1n) is 13.9. The van der Waals surface area contributed by atoms with E-state index in [4.69, 9.17) is 19.2 Å². The molecule has 40 heavy (non-hydrogen) atoms. The second kappa shape index (κ2) is 10.6. The van der Waals surface area contributed by atoms with E-state index in [0.29, 0.717) is 25.6 Å². The van der Waals surface area contributed by atoms with Crippen LogP contribution in [-0.4, -0.2) is 52.3 Å². The molecular formula is C32H35N3O5. The Morgan fingerprint density at radius 3 is 2.65 bits per heavy atom. The van der Waals surface area contributed by atoms with Crippen LogP contribution in [0.1, 0.15) is 58.6 Å². The molecule has 3 heterocycles. The van der Waals surface area contributed by atoms with Crippen molar-refractivity contribution in [3.05, 3.63) is 88.7 Å². The van der Waals surface area contributed by atoms with Gasteiger partial charge in [0.15, 0.2) is 11.5 Å². The van der Waals surface area contributed by atoms with Gasteiger partial charge in [0.1, 0.15) is 5.82 Å². The second-order valence-corrected chi connectivity index (χ2v) is 10.9. The van der Waals surface area contributed by atoms with Gasteiger partial charge in [0, 0.05) is 31.7 Å². The minimum absolute atomic E-state index is 0.263. The molecule has 0 spiro atoms. The van der Waals surface area contributed by atoms with Gasteiger partial charge in [0.25, 0.3) is 5.79 Å². The quantitative estimate of drug-likeness (QED) is 0.306. The van der Waals surface area contributed by atoms with Crippen LogP contribution in [0.3, 0.4) is 0 Å². The fourth-order valence-corrected chi connectivity index (χ4v) is 6.12. The highest BCUT2D eigenvalue weighted by Gasteiger charge is 2.41. The van der Waals surface area contributed by atoms with Crippen molar-refractivity contribution in [1.82, 2.24) is 14.5 Å². The second-order valence-electron chi connectivity index (χ2n) is 10.9. The molecular weight excluding hydrogens is 506 g/mol. The van der Waals surface area contributed by atoms with E-state index in [1.807, 2.05) is 25.1 Å². The number of likely N-dealkylation sites (tertiary alicyclic amines) is 1. The van der Waals surface area contributed by atoms with Crippen LogP contribution in [0, 0.1) is 6.92 Å². The van der Waals surface area contributed by atoms with E-state index >= 15 is 0 Å². The van der Waals surface area contributed by atoms with Gasteiger partial charge in [0.2, 0.25) is 0 Å². The Labute approximate surface area is 234 Å². The van der Waals surface area contributed by atoms with Gasteiger partial charge in [-0.05, 0) is 68.6 Å². The number of methoxy groups -OCH3 is 1. The number of aromatic carboxylic acids is 1. The summed E-state index contributed by atoms with van der Waals surface area (Å²) in [6.07, 6.45) is 2.00. The summed E-state index contributed by atoms with van der Waals surface area (Å²) in [5.41, 5.74) is 5.29. The molecule has 0 amide bonds. The Bertz CT molecular complexity index is 1560. The van der Waals surface area contributed by atoms with E-state index in [0.717, 1.165) is 65.4 Å². The number of para-hydroxylation sites is 1. The zero-order valence-electron chi connectivity index (χ0n) is 23.2. The van der Waals surface area contributed by atoms with Crippen molar-refractivity contribution >= 4 is 17.0 Å². The van der Waals surface area contributed by atoms with E-state index in [-0.39, 0.29) is 5.56 Å². The van der Waals surface area contributed by atoms with Gasteiger partial charge in [-0.15, -0.1) is 0 Å². The molecule has 2 aliphatic heterocycles. The zero-order chi connectivity index (χ0) is 27.9. The molecule has 0 bridgehead atoms. The number of carboxylic acid groups (broad SMARTS) is 1. The number of hydrogen-bond donors (Lipinski definition) is 1. The molecule has 2 aliphatic rings. The number of piperidine rings is 1. The lowest BCUT2D eigenvalue weighted by atomic mass is 9.88. The normalized spacial score (nSPS) is 19.4. The summed E-state index contributed by atoms with van der Waals surface area (Å²) in [7, 11) is 1.67. The molecule has 1 aromatic heterocycles. The van der Waals surface area contributed by atoms with Gasteiger partial charge in [-0.3, -0.25) is 4.90 Å². The predicted octanol–water partition coefficient (Wildman–Crippen LogP) is 5.71. The maximum atomic E-state index is 11.6. The average molecular weight is 542 g/mol. The minimum Gasteiger partial charge on any atom is -0.478 e. The smallest absolute Gasteiger partial charge is 0.335 e. The average Bonchev–Trinajstić information content (AvgIpc) is 3.48. The summed E-state index contributed by atoms with van der Waals surface area (Å²) in [5.74, 6) is 1.19. The van der Waals surface area contributed by atoms with Crippen LogP contribution in [0.5, 0.6) is 11.5 Å². The Kier molecular flexibility index (Phi) is 6.98. The molecule has 6 rings (SSSR count). The van der Waals surface area contributed by atoms with E-state index < -0.39 is 11.8 Å². The third-order valence-corrected chi connectivity index (χ3v) is 8.23. The maximum absolute atomic E-state index is 11.6. The number of carbonyl (C=O) groups is 1. The molecule has 4 aromatic rings. The number of rotatable bonds is 8. The number of imidazole rings is 1. The maximum Gasteiger partial charge on any atom is 0.335 e. The van der Waals surface area contributed by atoms with Crippen molar-refractivity contribution in [2.24, 2.45) is 0 Å². The summed E-state index contributed by atoms with van der Waals surface area (Å²) in [4.78, 5) is 18.9. The summed E-state index contributed by atoms with van der Waals surface area (Å²) >= 11 is 0. The fraction of sp³-hybridized carbons (Fsp3) is 0.375. The van der Waals surface area contributed by atoms with E-state index in [1.165, 1.54) is 5.56 Å². The summed E-state index contributed by atoms with van der Waals surface area (Å²) in [6.45, 7) is 7.79. The Hall–Kier alpha value is -3.88. The molecule has 208 valence electrons. The van der Waals surface area contributed by atoms with Gasteiger partial charge < -0.3 is 23.9 Å². The van der Waals surface area contributed by atoms with Crippen LogP contribution >= 0.6 is 0 Å². The number of hydrogen-bond acceptors (Lipinski definition) is 6. The predicted molar refractivity (Wildman–Crippen MR) is 152 cm³/mol. The van der Waals surface area contributed by atoms with E-state index in [2.05, 4.69) is 40.7 Å². The van der Waals surface area contributed by atoms with Gasteiger partial charge >= 0.3 is 5.97 Å². The molecule has 8 heteroatoms. The largest absolute Gasteiger partial charge is 0.478 e. The standard InChI is InChI=1S/C32H35N3O5/c1-21-7-4-5-9-25(21)32(2)39-28-10-6-8-24(30(28)40-32)22-13-15-34(16-14-22)20-29-33-26-12-11-23(31(36)37)19-27(26)35(29)17-18-38-3/h4-12,19,22H,13-18,20H2,1-3H3,(H,36,37). The Morgan fingerprint density at radius 1 is 1.10 bits per heavy atom. The third-order valence-electron chi connectivity index (χ3n) is 8.23. The Balaban J connectivity index is 1.18. The number of ether oxygens (including phenoxy) is 3. The van der Waals surface area contributed by atoms with Crippen LogP contribution in [0.25, 0.3) is 11.0 Å². The lowest BCUT2D eigenvalue weighted by Gasteiger charge is -2.32. The number of fused-ring (bicyclic) bond motifs is 2. The van der Waals surface area contributed by atoms with Gasteiger partial charge in [0.05, 0.1) is 29.7 Å². The SMILES string of the molecule is COCCn1c(CN2CCC(c3cccc4c3OC(C)(c3ccccc3C)O4)CC2)nc2ccc(C(=O)O)cc21. The molecule has 1 fully saturated rings. The summed E-state index contributed by atoms with van der Waals surface area (Å²) < 4.78 is 20.4. The molecule has 1 atom stereocenters. The van der Waals surface area contributed by atoms with Crippen LogP contribution in [0.15, 0.2) is 60.7 Å². The lowest BCUT2D eigenvalue weighted by Crippen LogP contribution is -2.34. The first kappa shape index (κ1) is 26.3. The number of aryl methyl sites for hydroxylation is 1. The highest BCUT2D eigenvalue weighted by Crippen LogP contribution is 2.49. The third kappa shape index (κ3) is 4.82. The van der Waals surface area contributed by atoms with Crippen molar-refractivity contribution < 1.29 is 24.1 Å². The summed E-state index contributed by atoms with van der Waals surface area (Å²) in [5, 5.41) is 9.48. The minimum atomic E-state index is -0.939. The molecule has 1 unspecified atom stereocenters. The fourth-order valence-electron chi connectivity index (χ4n) is 6.12. The molecule has 0 radical (unpaired) electrons. The molecule has 8 nitrogen and oxygen atoms in total. The number of nitrogens with zero attached hydrogens (tertiary/aromatic N) is 3. The molecule has 0 saturated carbocycles. The van der Waals surface area contributed by atoms with Gasteiger partial charge in [-0.2, -0.15) is 0 Å². The van der Waals surface area contributed by atoms with Crippen LogP contribution in [-0.2, 0) is 23.6 Å². The zero-order valence-corrected chi connectivity index (χ0v) is 23.2. The summed E-state index contributed by atoms with van der Waals surface area (Å²) in [6, 6.07) is 19.6. The van der Waals surface area contributed by atoms with Crippen molar-refractivity contribution in [2.45, 2.75) is 51.5 Å². The van der Waals surface area contributed by atoms with Crippen molar-refractivity contribution in [2.75, 3.05) is 26.8 Å². The highest BCUT2D eigenvalue weighted by molar-refractivity contribution is 5.92. The van der Waals surface area contributed by atoms with Gasteiger partial charge in [-0.1, -0.05) is 36.4 Å². The molecule has 0 aliphatic carbocycles. The number of carboxylic acids is 1. The highest BCUT2D eigenvalue weighted by atomic mass is 16.7. The van der Waals surface area contributed by atoms with Crippen LogP contribution in [0.4, 0.5) is 0 Å². The van der Waals surface area contributed by atoms with Crippen molar-refractivity contribution in [1.29, 1.82) is 0 Å². The first-order valence-corrected chi connectivity index (χ1v) is 13.9. The van der Waals surface area contributed by atoms with E-state index in [9.17, 15) is 9.90 Å². The topological polar surface area (TPSA) is 86.0 Å². The molecule has 3 aromatic carbocycles. The number of benzene rings is 3. The van der Waals surface area contributed by atoms with Crippen LogP contribution in [0.2, 0.25) is 0 Å².